The first-order valence-corrected chi connectivity index (χ1v) is 8.89. The highest BCUT2D eigenvalue weighted by atomic mass is 32.1. The van der Waals surface area contributed by atoms with E-state index in [4.69, 9.17) is 4.98 Å². The number of fused-ring (bicyclic) bond motifs is 1. The Morgan fingerprint density at radius 3 is 2.43 bits per heavy atom. The van der Waals surface area contributed by atoms with Gasteiger partial charge in [0.2, 0.25) is 5.91 Å². The van der Waals surface area contributed by atoms with Gasteiger partial charge in [0.25, 0.3) is 0 Å². The van der Waals surface area contributed by atoms with Crippen molar-refractivity contribution in [2.24, 2.45) is 5.92 Å². The summed E-state index contributed by atoms with van der Waals surface area (Å²) in [6.07, 6.45) is 4.29. The molecule has 0 N–H and O–H groups in total. The largest absolute Gasteiger partial charge is 0.274 e. The van der Waals surface area contributed by atoms with E-state index in [0.29, 0.717) is 0 Å². The van der Waals surface area contributed by atoms with Crippen LogP contribution in [0.5, 0.6) is 0 Å². The van der Waals surface area contributed by atoms with Crippen LogP contribution in [0, 0.1) is 5.92 Å². The molecule has 1 aliphatic rings. The molecule has 1 saturated carbocycles. The predicted octanol–water partition coefficient (Wildman–Crippen LogP) is 5.15. The number of carbonyl (C=O) groups excluding carboxylic acids is 1. The van der Waals surface area contributed by atoms with Crippen LogP contribution in [0.4, 0.5) is 10.8 Å². The van der Waals surface area contributed by atoms with Crippen LogP contribution in [0.25, 0.3) is 10.2 Å². The number of hydrogen-bond acceptors (Lipinski definition) is 3. The molecule has 4 heteroatoms. The van der Waals surface area contributed by atoms with Crippen molar-refractivity contribution in [3.63, 3.8) is 0 Å². The van der Waals surface area contributed by atoms with Crippen LogP contribution in [0.1, 0.15) is 25.7 Å². The molecule has 1 amide bonds. The normalized spacial score (nSPS) is 15.1. The lowest BCUT2D eigenvalue weighted by Crippen LogP contribution is -2.31. The van der Waals surface area contributed by atoms with Gasteiger partial charge in [0.15, 0.2) is 5.13 Å². The van der Waals surface area contributed by atoms with Crippen LogP contribution in [0.15, 0.2) is 54.6 Å². The Bertz CT molecular complexity index is 789. The summed E-state index contributed by atoms with van der Waals surface area (Å²) in [5.74, 6) is 0.315. The van der Waals surface area contributed by atoms with E-state index in [0.717, 1.165) is 46.7 Å². The summed E-state index contributed by atoms with van der Waals surface area (Å²) in [6.45, 7) is 0. The third-order valence-corrected chi connectivity index (χ3v) is 5.43. The van der Waals surface area contributed by atoms with E-state index in [1.54, 1.807) is 11.3 Å². The predicted molar refractivity (Wildman–Crippen MR) is 95.2 cm³/mol. The quantitative estimate of drug-likeness (QED) is 0.668. The third kappa shape index (κ3) is 2.75. The Morgan fingerprint density at radius 2 is 1.70 bits per heavy atom. The molecule has 0 saturated heterocycles. The molecule has 3 aromatic rings. The minimum atomic E-state index is 0.127. The molecule has 0 atom stereocenters. The minimum absolute atomic E-state index is 0.127. The zero-order chi connectivity index (χ0) is 15.6. The number of carbonyl (C=O) groups is 1. The van der Waals surface area contributed by atoms with E-state index in [-0.39, 0.29) is 11.8 Å². The lowest BCUT2D eigenvalue weighted by molar-refractivity contribution is -0.121. The van der Waals surface area contributed by atoms with Gasteiger partial charge in [-0.1, -0.05) is 54.5 Å². The number of anilines is 2. The molecule has 0 bridgehead atoms. The van der Waals surface area contributed by atoms with Gasteiger partial charge in [-0.15, -0.1) is 0 Å². The van der Waals surface area contributed by atoms with E-state index < -0.39 is 0 Å². The average molecular weight is 322 g/mol. The zero-order valence-corrected chi connectivity index (χ0v) is 13.6. The molecule has 1 fully saturated rings. The monoisotopic (exact) mass is 322 g/mol. The molecule has 4 rings (SSSR count). The fourth-order valence-electron chi connectivity index (χ4n) is 3.22. The molecule has 3 nitrogen and oxygen atoms in total. The highest BCUT2D eigenvalue weighted by molar-refractivity contribution is 7.22. The molecule has 1 aromatic heterocycles. The Labute approximate surface area is 139 Å². The summed E-state index contributed by atoms with van der Waals surface area (Å²) in [6, 6.07) is 17.9. The van der Waals surface area contributed by atoms with Crippen LogP contribution in [-0.4, -0.2) is 10.9 Å². The number of aromatic nitrogens is 1. The van der Waals surface area contributed by atoms with Gasteiger partial charge in [-0.05, 0) is 37.1 Å². The zero-order valence-electron chi connectivity index (χ0n) is 12.8. The molecule has 0 spiro atoms. The smallest absolute Gasteiger partial charge is 0.236 e. The highest BCUT2D eigenvalue weighted by Gasteiger charge is 2.30. The van der Waals surface area contributed by atoms with Crippen molar-refractivity contribution >= 4 is 38.3 Å². The maximum absolute atomic E-state index is 13.1. The Kier molecular flexibility index (Phi) is 3.83. The van der Waals surface area contributed by atoms with E-state index in [1.165, 1.54) is 0 Å². The van der Waals surface area contributed by atoms with E-state index in [2.05, 4.69) is 6.07 Å². The van der Waals surface area contributed by atoms with Gasteiger partial charge in [0.05, 0.1) is 15.9 Å². The van der Waals surface area contributed by atoms with Gasteiger partial charge in [0, 0.05) is 5.92 Å². The second-order valence-electron chi connectivity index (χ2n) is 5.95. The maximum atomic E-state index is 13.1. The highest BCUT2D eigenvalue weighted by Crippen LogP contribution is 2.37. The third-order valence-electron chi connectivity index (χ3n) is 4.41. The number of nitrogens with zero attached hydrogens (tertiary/aromatic N) is 2. The van der Waals surface area contributed by atoms with Crippen molar-refractivity contribution in [1.82, 2.24) is 4.98 Å². The molecule has 1 aliphatic carbocycles. The van der Waals surface area contributed by atoms with Crippen molar-refractivity contribution in [3.05, 3.63) is 54.6 Å². The average Bonchev–Trinajstić information content (AvgIpc) is 3.25. The summed E-state index contributed by atoms with van der Waals surface area (Å²) in [5.41, 5.74) is 1.86. The van der Waals surface area contributed by atoms with Crippen LogP contribution >= 0.6 is 11.3 Å². The molecular weight excluding hydrogens is 304 g/mol. The molecule has 23 heavy (non-hydrogen) atoms. The maximum Gasteiger partial charge on any atom is 0.236 e. The Balaban J connectivity index is 1.79. The fourth-order valence-corrected chi connectivity index (χ4v) is 4.21. The van der Waals surface area contributed by atoms with Gasteiger partial charge in [-0.3, -0.25) is 9.69 Å². The summed E-state index contributed by atoms with van der Waals surface area (Å²) < 4.78 is 1.11. The van der Waals surface area contributed by atoms with Crippen LogP contribution in [0.3, 0.4) is 0 Å². The number of rotatable bonds is 3. The Hall–Kier alpha value is -2.20. The van der Waals surface area contributed by atoms with Gasteiger partial charge in [0.1, 0.15) is 0 Å². The molecule has 0 radical (unpaired) electrons. The fraction of sp³-hybridized carbons (Fsp3) is 0.263. The topological polar surface area (TPSA) is 33.2 Å². The van der Waals surface area contributed by atoms with E-state index in [9.17, 15) is 4.79 Å². The molecular formula is C19H18N2OS. The van der Waals surface area contributed by atoms with E-state index in [1.807, 2.05) is 53.4 Å². The van der Waals surface area contributed by atoms with Crippen molar-refractivity contribution in [3.8, 4) is 0 Å². The SMILES string of the molecule is O=C(C1CCCC1)N(c1ccccc1)c1nc2ccccc2s1. The first-order valence-electron chi connectivity index (χ1n) is 8.07. The standard InChI is InChI=1S/C19H18N2OS/c22-18(14-8-4-5-9-14)21(15-10-2-1-3-11-15)19-20-16-12-6-7-13-17(16)23-19/h1-3,6-7,10-14H,4-5,8-9H2. The number of thiazole rings is 1. The first-order chi connectivity index (χ1) is 11.3. The number of hydrogen-bond donors (Lipinski definition) is 0. The summed E-state index contributed by atoms with van der Waals surface area (Å²) in [5, 5.41) is 0.773. The van der Waals surface area contributed by atoms with Gasteiger partial charge < -0.3 is 0 Å². The molecule has 0 aliphatic heterocycles. The number of para-hydroxylation sites is 2. The summed E-state index contributed by atoms with van der Waals surface area (Å²) in [7, 11) is 0. The minimum Gasteiger partial charge on any atom is -0.274 e. The van der Waals surface area contributed by atoms with E-state index >= 15 is 0 Å². The van der Waals surface area contributed by atoms with Crippen molar-refractivity contribution in [2.75, 3.05) is 4.90 Å². The molecule has 116 valence electrons. The first kappa shape index (κ1) is 14.4. The van der Waals surface area contributed by atoms with Crippen LogP contribution in [0.2, 0.25) is 0 Å². The van der Waals surface area contributed by atoms with Crippen LogP contribution < -0.4 is 4.90 Å². The second kappa shape index (κ2) is 6.13. The van der Waals surface area contributed by atoms with Crippen molar-refractivity contribution in [2.45, 2.75) is 25.7 Å². The molecule has 0 unspecified atom stereocenters. The van der Waals surface area contributed by atoms with Gasteiger partial charge in [-0.2, -0.15) is 0 Å². The summed E-state index contributed by atoms with van der Waals surface area (Å²) in [4.78, 5) is 19.6. The number of amides is 1. The number of benzene rings is 2. The lowest BCUT2D eigenvalue weighted by atomic mass is 10.1. The van der Waals surface area contributed by atoms with Gasteiger partial charge >= 0.3 is 0 Å². The van der Waals surface area contributed by atoms with Crippen molar-refractivity contribution < 1.29 is 4.79 Å². The van der Waals surface area contributed by atoms with Crippen LogP contribution in [-0.2, 0) is 4.79 Å². The second-order valence-corrected chi connectivity index (χ2v) is 6.96. The molecule has 1 heterocycles. The van der Waals surface area contributed by atoms with Gasteiger partial charge in [-0.25, -0.2) is 4.98 Å². The van der Waals surface area contributed by atoms with Crippen molar-refractivity contribution in [1.29, 1.82) is 0 Å². The Morgan fingerprint density at radius 1 is 1.00 bits per heavy atom. The summed E-state index contributed by atoms with van der Waals surface area (Å²) >= 11 is 1.58. The molecule has 2 aromatic carbocycles. The lowest BCUT2D eigenvalue weighted by Gasteiger charge is -2.23.